The predicted octanol–water partition coefficient (Wildman–Crippen LogP) is 5.89. The topological polar surface area (TPSA) is 317 Å². The SMILES string of the molecule is CCCCCCCC/C=C\CCCCCCCC(=O)OC[C@@H]1COP(=O)(O)O[C@H]2[C@H](O)[C@@H](O)[C@H](O)[C@@H](CC=CCCCC(=O)O1)[C@@H](O)C[C@@H](O)[C@H](C=C[C@@H](O)CCCCC)[C@@H](O)[C@H]2OP(=O)(O)O. The largest absolute Gasteiger partial charge is 0.472 e. The van der Waals surface area contributed by atoms with E-state index in [0.29, 0.717) is 12.8 Å². The fraction of sp³-hybridized carbons (Fsp3) is 0.830. The van der Waals surface area contributed by atoms with Crippen LogP contribution in [0.25, 0.3) is 0 Å². The zero-order chi connectivity index (χ0) is 50.5. The number of hydrogen-bond donors (Lipinski definition) is 10. The van der Waals surface area contributed by atoms with Crippen LogP contribution in [0, 0.1) is 11.8 Å². The third kappa shape index (κ3) is 26.0. The molecule has 1 aliphatic heterocycles. The van der Waals surface area contributed by atoms with E-state index < -0.39 is 120 Å². The van der Waals surface area contributed by atoms with E-state index in [-0.39, 0.29) is 38.5 Å². The number of cyclic esters (lactones) is 1. The average molecular weight is 1020 g/mol. The zero-order valence-corrected chi connectivity index (χ0v) is 41.9. The number of rotatable bonds is 25. The number of fused-ring (bicyclic) bond motifs is 4. The molecule has 0 amide bonds. The molecule has 68 heavy (non-hydrogen) atoms. The Morgan fingerprint density at radius 1 is 0.838 bits per heavy atom. The molecule has 2 aliphatic rings. The normalized spacial score (nSPS) is 31.4. The summed E-state index contributed by atoms with van der Waals surface area (Å²) in [7, 11) is -11.4. The molecular weight excluding hydrogens is 930 g/mol. The maximum Gasteiger partial charge on any atom is 0.472 e. The van der Waals surface area contributed by atoms with Gasteiger partial charge in [-0.3, -0.25) is 23.2 Å². The molecule has 1 fully saturated rings. The number of hydrogen-bond acceptors (Lipinski definition) is 16. The van der Waals surface area contributed by atoms with Gasteiger partial charge in [-0.2, -0.15) is 0 Å². The molecule has 1 aliphatic carbocycles. The van der Waals surface area contributed by atoms with E-state index in [1.165, 1.54) is 50.7 Å². The molecule has 0 aromatic heterocycles. The molecule has 0 aromatic rings. The molecule has 1 saturated carbocycles. The number of ether oxygens (including phenoxy) is 2. The minimum atomic E-state index is -5.76. The highest BCUT2D eigenvalue weighted by atomic mass is 31.2. The van der Waals surface area contributed by atoms with Crippen LogP contribution in [0.2, 0.25) is 0 Å². The van der Waals surface area contributed by atoms with Crippen LogP contribution in [0.15, 0.2) is 36.5 Å². The summed E-state index contributed by atoms with van der Waals surface area (Å²) >= 11 is 0. The Bertz CT molecular complexity index is 1570. The molecule has 1 heterocycles. The summed E-state index contributed by atoms with van der Waals surface area (Å²) < 4.78 is 52.1. The fourth-order valence-electron chi connectivity index (χ4n) is 8.25. The van der Waals surface area contributed by atoms with Crippen molar-refractivity contribution >= 4 is 27.6 Å². The Balaban J connectivity index is 2.30. The summed E-state index contributed by atoms with van der Waals surface area (Å²) in [5.74, 6) is -4.51. The number of carbonyl (C=O) groups is 2. The van der Waals surface area contributed by atoms with Gasteiger partial charge in [0.1, 0.15) is 31.0 Å². The van der Waals surface area contributed by atoms with E-state index in [1.807, 2.05) is 6.92 Å². The van der Waals surface area contributed by atoms with Gasteiger partial charge >= 0.3 is 27.6 Å². The van der Waals surface area contributed by atoms with Crippen molar-refractivity contribution in [2.24, 2.45) is 11.8 Å². The Kier molecular flexibility index (Phi) is 31.5. The number of allylic oxidation sites excluding steroid dienone is 4. The number of esters is 2. The van der Waals surface area contributed by atoms with Crippen molar-refractivity contribution in [1.82, 2.24) is 0 Å². The summed E-state index contributed by atoms with van der Waals surface area (Å²) in [5.41, 5.74) is 0. The number of unbranched alkanes of at least 4 members (excludes halogenated alkanes) is 13. The highest BCUT2D eigenvalue weighted by Crippen LogP contribution is 2.50. The van der Waals surface area contributed by atoms with Crippen molar-refractivity contribution in [3.63, 3.8) is 0 Å². The molecule has 396 valence electrons. The summed E-state index contributed by atoms with van der Waals surface area (Å²) in [5, 5.41) is 79.6. The third-order valence-electron chi connectivity index (χ3n) is 12.2. The zero-order valence-electron chi connectivity index (χ0n) is 40.1. The van der Waals surface area contributed by atoms with Gasteiger partial charge in [0.05, 0.1) is 37.1 Å². The van der Waals surface area contributed by atoms with Crippen LogP contribution in [-0.4, -0.2) is 137 Å². The molecule has 10 N–H and O–H groups in total. The minimum Gasteiger partial charge on any atom is -0.462 e. The van der Waals surface area contributed by atoms with Gasteiger partial charge in [0, 0.05) is 31.1 Å². The lowest BCUT2D eigenvalue weighted by Crippen LogP contribution is -2.56. The monoisotopic (exact) mass is 1010 g/mol. The molecule has 13 atom stereocenters. The lowest BCUT2D eigenvalue weighted by molar-refractivity contribution is -0.165. The van der Waals surface area contributed by atoms with Gasteiger partial charge in [0.15, 0.2) is 6.10 Å². The lowest BCUT2D eigenvalue weighted by atomic mass is 9.83. The smallest absolute Gasteiger partial charge is 0.462 e. The second kappa shape index (κ2) is 34.5. The van der Waals surface area contributed by atoms with Crippen molar-refractivity contribution in [1.29, 1.82) is 0 Å². The van der Waals surface area contributed by atoms with E-state index >= 15 is 0 Å². The van der Waals surface area contributed by atoms with Gasteiger partial charge in [0.25, 0.3) is 0 Å². The van der Waals surface area contributed by atoms with Crippen molar-refractivity contribution in [2.75, 3.05) is 13.2 Å². The van der Waals surface area contributed by atoms with E-state index in [0.717, 1.165) is 57.4 Å². The quantitative estimate of drug-likeness (QED) is 0.0221. The number of carbonyl (C=O) groups excluding carboxylic acids is 2. The maximum absolute atomic E-state index is 13.7. The predicted molar refractivity (Wildman–Crippen MR) is 252 cm³/mol. The van der Waals surface area contributed by atoms with Crippen LogP contribution >= 0.6 is 15.6 Å². The first-order chi connectivity index (χ1) is 32.3. The van der Waals surface area contributed by atoms with Crippen LogP contribution in [0.5, 0.6) is 0 Å². The van der Waals surface area contributed by atoms with Crippen LogP contribution in [0.3, 0.4) is 0 Å². The van der Waals surface area contributed by atoms with E-state index in [2.05, 4.69) is 19.1 Å². The molecule has 0 saturated heterocycles. The first kappa shape index (κ1) is 62.2. The summed E-state index contributed by atoms with van der Waals surface area (Å²) in [4.78, 5) is 56.7. The van der Waals surface area contributed by atoms with Crippen LogP contribution < -0.4 is 0 Å². The lowest BCUT2D eigenvalue weighted by Gasteiger charge is -2.38. The third-order valence-corrected chi connectivity index (χ3v) is 13.7. The molecule has 19 nitrogen and oxygen atoms in total. The van der Waals surface area contributed by atoms with E-state index in [1.54, 1.807) is 6.08 Å². The van der Waals surface area contributed by atoms with E-state index in [9.17, 15) is 69.1 Å². The average Bonchev–Trinajstić information content (AvgIpc) is 3.28. The highest BCUT2D eigenvalue weighted by Gasteiger charge is 2.51. The summed E-state index contributed by atoms with van der Waals surface area (Å²) in [6.07, 6.45) is 4.88. The Morgan fingerprint density at radius 3 is 2.10 bits per heavy atom. The summed E-state index contributed by atoms with van der Waals surface area (Å²) in [6, 6.07) is 0. The van der Waals surface area contributed by atoms with Gasteiger partial charge in [0.2, 0.25) is 0 Å². The van der Waals surface area contributed by atoms with Crippen molar-refractivity contribution < 1.29 is 92.2 Å². The van der Waals surface area contributed by atoms with Crippen LogP contribution in [0.1, 0.15) is 162 Å². The van der Waals surface area contributed by atoms with Gasteiger partial charge in [-0.15, -0.1) is 0 Å². The standard InChI is InChI=1S/C47H84O19P2/c1-3-5-7-8-9-10-11-12-13-14-15-16-17-18-23-27-40(51)62-32-35-33-63-68(60,61)66-47-45(56)44(55)42(53)36(26-22-19-20-24-28-41(52)64-35)38(49)31-39(50)37(30-29-34(48)25-21-6-4-2)43(54)46(47)65-67(57,58)59/h12-13,19,22,29-30,34-39,42-50,53-56H,3-11,14-18,20-21,23-28,31-33H2,1-2H3,(H,60,61)(H2,57,58,59)/b13-12-,22-19?,30-29?/t34-,35+,36-,37-,38-,39+,42+,43+,44-,45+,46+,47-/m0/s1. The van der Waals surface area contributed by atoms with Gasteiger partial charge in [-0.05, 0) is 57.8 Å². The first-order valence-electron chi connectivity index (χ1n) is 24.8. The molecule has 0 aromatic carbocycles. The van der Waals surface area contributed by atoms with Crippen molar-refractivity contribution in [3.8, 4) is 0 Å². The fourth-order valence-corrected chi connectivity index (χ4v) is 9.78. The summed E-state index contributed by atoms with van der Waals surface area (Å²) in [6.45, 7) is 2.57. The van der Waals surface area contributed by atoms with Crippen LogP contribution in [0.4, 0.5) is 0 Å². The molecular formula is C47H84O19P2. The molecule has 21 heteroatoms. The van der Waals surface area contributed by atoms with Crippen molar-refractivity contribution in [2.45, 2.75) is 223 Å². The minimum absolute atomic E-state index is 0.0469. The molecule has 0 radical (unpaired) electrons. The number of aliphatic hydroxyl groups excluding tert-OH is 7. The second-order valence-corrected chi connectivity index (χ2v) is 20.7. The van der Waals surface area contributed by atoms with Crippen molar-refractivity contribution in [3.05, 3.63) is 36.5 Å². The Hall–Kier alpha value is -1.90. The highest BCUT2D eigenvalue weighted by molar-refractivity contribution is 7.47. The number of aliphatic hydroxyl groups is 7. The van der Waals surface area contributed by atoms with Crippen LogP contribution in [-0.2, 0) is 41.8 Å². The van der Waals surface area contributed by atoms with Gasteiger partial charge in [-0.25, -0.2) is 9.13 Å². The maximum atomic E-state index is 13.7. The molecule has 1 unspecified atom stereocenters. The Morgan fingerprint density at radius 2 is 1.46 bits per heavy atom. The molecule has 2 bridgehead atoms. The van der Waals surface area contributed by atoms with Gasteiger partial charge < -0.3 is 59.9 Å². The molecule has 0 spiro atoms. The second-order valence-electron chi connectivity index (χ2n) is 18.1. The molecule has 2 rings (SSSR count). The van der Waals surface area contributed by atoms with Gasteiger partial charge in [-0.1, -0.05) is 121 Å². The number of phosphoric acid groups is 2. The Labute approximate surface area is 402 Å². The number of phosphoric ester groups is 2. The van der Waals surface area contributed by atoms with E-state index in [4.69, 9.17) is 23.0 Å². The first-order valence-corrected chi connectivity index (χ1v) is 27.8.